The van der Waals surface area contributed by atoms with Gasteiger partial charge in [0, 0.05) is 23.8 Å². The number of hydrogen-bond donors (Lipinski definition) is 2. The second-order valence-corrected chi connectivity index (χ2v) is 8.79. The zero-order valence-electron chi connectivity index (χ0n) is 16.7. The predicted molar refractivity (Wildman–Crippen MR) is 119 cm³/mol. The molecule has 7 nitrogen and oxygen atoms in total. The molecule has 1 aliphatic heterocycles. The van der Waals surface area contributed by atoms with Gasteiger partial charge in [-0.05, 0) is 28.0 Å². The van der Waals surface area contributed by atoms with Gasteiger partial charge in [0.1, 0.15) is 0 Å². The van der Waals surface area contributed by atoms with Gasteiger partial charge >= 0.3 is 0 Å². The number of ether oxygens (including phenoxy) is 1. The molecule has 1 aliphatic rings. The fourth-order valence-corrected chi connectivity index (χ4v) is 4.43. The molecule has 0 unspecified atom stereocenters. The van der Waals surface area contributed by atoms with E-state index in [1.54, 1.807) is 0 Å². The van der Waals surface area contributed by atoms with Crippen LogP contribution in [0.1, 0.15) is 25.0 Å². The molecule has 0 radical (unpaired) electrons. The summed E-state index contributed by atoms with van der Waals surface area (Å²) in [5.74, 6) is 1.17. The Labute approximate surface area is 183 Å². The maximum atomic E-state index is 11.7. The van der Waals surface area contributed by atoms with Gasteiger partial charge in [-0.1, -0.05) is 55.4 Å². The quantitative estimate of drug-likeness (QED) is 0.440. The van der Waals surface area contributed by atoms with Crippen LogP contribution >= 0.6 is 23.4 Å². The van der Waals surface area contributed by atoms with Crippen LogP contribution in [0.25, 0.3) is 22.2 Å². The normalized spacial score (nSPS) is 13.1. The number of nitrogen functional groups attached to an aromatic ring is 1. The van der Waals surface area contributed by atoms with Crippen LogP contribution in [-0.2, 0) is 22.7 Å². The molecule has 0 saturated heterocycles. The van der Waals surface area contributed by atoms with Crippen molar-refractivity contribution in [1.29, 1.82) is 0 Å². The zero-order valence-corrected chi connectivity index (χ0v) is 18.3. The molecule has 0 spiro atoms. The topological polar surface area (TPSA) is 103 Å². The highest BCUT2D eigenvalue weighted by atomic mass is 35.5. The van der Waals surface area contributed by atoms with E-state index in [4.69, 9.17) is 22.1 Å². The first-order chi connectivity index (χ1) is 14.4. The average Bonchev–Trinajstić information content (AvgIpc) is 2.71. The van der Waals surface area contributed by atoms with Gasteiger partial charge in [-0.25, -0.2) is 4.98 Å². The van der Waals surface area contributed by atoms with Gasteiger partial charge in [-0.3, -0.25) is 4.79 Å². The van der Waals surface area contributed by atoms with Crippen molar-refractivity contribution < 1.29 is 9.53 Å². The fourth-order valence-electron chi connectivity index (χ4n) is 3.42. The highest BCUT2D eigenvalue weighted by molar-refractivity contribution is 7.99. The molecule has 30 heavy (non-hydrogen) atoms. The summed E-state index contributed by atoms with van der Waals surface area (Å²) in [6.45, 7) is 5.32. The number of carbonyl (C=O) groups excluding carboxylic acids is 1. The van der Waals surface area contributed by atoms with Crippen molar-refractivity contribution >= 4 is 46.0 Å². The van der Waals surface area contributed by atoms with Gasteiger partial charge in [-0.2, -0.15) is 9.97 Å². The molecule has 1 amide bonds. The third-order valence-corrected chi connectivity index (χ3v) is 5.96. The van der Waals surface area contributed by atoms with E-state index in [9.17, 15) is 4.79 Å². The van der Waals surface area contributed by atoms with Gasteiger partial charge < -0.3 is 15.8 Å². The van der Waals surface area contributed by atoms with Gasteiger partial charge in [0.15, 0.2) is 11.0 Å². The second-order valence-electron chi connectivity index (χ2n) is 7.32. The minimum Gasteiger partial charge on any atom is -0.372 e. The van der Waals surface area contributed by atoms with Crippen molar-refractivity contribution in [2.75, 3.05) is 18.0 Å². The van der Waals surface area contributed by atoms with E-state index in [0.29, 0.717) is 41.5 Å². The van der Waals surface area contributed by atoms with Crippen LogP contribution in [-0.4, -0.2) is 33.2 Å². The smallest absolute Gasteiger partial charge is 0.224 e. The van der Waals surface area contributed by atoms with Crippen molar-refractivity contribution in [3.05, 3.63) is 40.4 Å². The SMILES string of the molecule is CC(C)C(=O)NCCSc1nc(N)nc(-c2c(Cl)cc3c4c(cccc24)COC3)n1. The highest BCUT2D eigenvalue weighted by Crippen LogP contribution is 2.39. The van der Waals surface area contributed by atoms with Gasteiger partial charge in [0.25, 0.3) is 0 Å². The van der Waals surface area contributed by atoms with Crippen molar-refractivity contribution in [1.82, 2.24) is 20.3 Å². The fraction of sp³-hybridized carbons (Fsp3) is 0.333. The Balaban J connectivity index is 1.65. The summed E-state index contributed by atoms with van der Waals surface area (Å²) in [6.07, 6.45) is 0. The van der Waals surface area contributed by atoms with E-state index >= 15 is 0 Å². The van der Waals surface area contributed by atoms with Crippen LogP contribution in [0.5, 0.6) is 0 Å². The molecule has 4 rings (SSSR count). The van der Waals surface area contributed by atoms with Crippen molar-refractivity contribution in [3.63, 3.8) is 0 Å². The van der Waals surface area contributed by atoms with E-state index < -0.39 is 0 Å². The molecule has 0 bridgehead atoms. The van der Waals surface area contributed by atoms with Crippen LogP contribution in [0.3, 0.4) is 0 Å². The standard InChI is InChI=1S/C21H22ClN5O2S/c1-11(2)19(28)24-6-7-30-21-26-18(25-20(23)27-21)17-14-5-3-4-12-9-29-10-13(16(12)14)8-15(17)22/h3-5,8,11H,6-7,9-10H2,1-2H3,(H,24,28)(H2,23,25,26,27). The third kappa shape index (κ3) is 4.21. The first-order valence-electron chi connectivity index (χ1n) is 9.67. The van der Waals surface area contributed by atoms with Crippen molar-refractivity contribution in [2.45, 2.75) is 32.2 Å². The Morgan fingerprint density at radius 3 is 2.87 bits per heavy atom. The number of hydrogen-bond acceptors (Lipinski definition) is 7. The lowest BCUT2D eigenvalue weighted by Crippen LogP contribution is -2.29. The molecule has 2 aromatic carbocycles. The van der Waals surface area contributed by atoms with Crippen LogP contribution in [0.15, 0.2) is 29.4 Å². The van der Waals surface area contributed by atoms with Gasteiger partial charge in [-0.15, -0.1) is 0 Å². The Bertz CT molecular complexity index is 1120. The number of nitrogens with one attached hydrogen (secondary N) is 1. The first-order valence-corrected chi connectivity index (χ1v) is 11.0. The lowest BCUT2D eigenvalue weighted by atomic mass is 9.94. The van der Waals surface area contributed by atoms with Crippen LogP contribution in [0.2, 0.25) is 5.02 Å². The maximum Gasteiger partial charge on any atom is 0.224 e. The number of rotatable bonds is 6. The van der Waals surface area contributed by atoms with Crippen LogP contribution < -0.4 is 11.1 Å². The molecule has 2 heterocycles. The first kappa shape index (κ1) is 20.8. The molecular weight excluding hydrogens is 422 g/mol. The summed E-state index contributed by atoms with van der Waals surface area (Å²) in [5, 5.41) is 6.03. The molecule has 0 saturated carbocycles. The number of nitrogens with zero attached hydrogens (tertiary/aromatic N) is 3. The second kappa shape index (κ2) is 8.75. The Morgan fingerprint density at radius 2 is 2.07 bits per heavy atom. The van der Waals surface area contributed by atoms with E-state index in [1.807, 2.05) is 32.0 Å². The molecule has 3 aromatic rings. The molecule has 156 valence electrons. The molecule has 0 fully saturated rings. The number of benzene rings is 2. The Kier molecular flexibility index (Phi) is 6.08. The minimum absolute atomic E-state index is 0.0195. The molecule has 0 aliphatic carbocycles. The van der Waals surface area contributed by atoms with Crippen molar-refractivity contribution in [2.24, 2.45) is 5.92 Å². The molecule has 3 N–H and O–H groups in total. The maximum absolute atomic E-state index is 11.7. The monoisotopic (exact) mass is 443 g/mol. The number of thioether (sulfide) groups is 1. The van der Waals surface area contributed by atoms with E-state index in [2.05, 4.69) is 26.3 Å². The van der Waals surface area contributed by atoms with Crippen LogP contribution in [0, 0.1) is 5.92 Å². The summed E-state index contributed by atoms with van der Waals surface area (Å²) in [5.41, 5.74) is 8.88. The number of carbonyl (C=O) groups is 1. The van der Waals surface area contributed by atoms with Crippen molar-refractivity contribution in [3.8, 4) is 11.4 Å². The van der Waals surface area contributed by atoms with Crippen LogP contribution in [0.4, 0.5) is 5.95 Å². The van der Waals surface area contributed by atoms with E-state index in [1.165, 1.54) is 11.8 Å². The predicted octanol–water partition coefficient (Wildman–Crippen LogP) is 3.82. The molecule has 9 heteroatoms. The number of amides is 1. The largest absolute Gasteiger partial charge is 0.372 e. The van der Waals surface area contributed by atoms with Gasteiger partial charge in [0.2, 0.25) is 11.9 Å². The number of anilines is 1. The molecular formula is C21H22ClN5O2S. The Morgan fingerprint density at radius 1 is 1.27 bits per heavy atom. The lowest BCUT2D eigenvalue weighted by Gasteiger charge is -2.20. The molecule has 0 atom stereocenters. The summed E-state index contributed by atoms with van der Waals surface area (Å²) < 4.78 is 5.66. The molecule has 1 aromatic heterocycles. The summed E-state index contributed by atoms with van der Waals surface area (Å²) in [7, 11) is 0. The lowest BCUT2D eigenvalue weighted by molar-refractivity contribution is -0.123. The van der Waals surface area contributed by atoms with Gasteiger partial charge in [0.05, 0.1) is 18.2 Å². The number of nitrogens with two attached hydrogens (primary N) is 1. The van der Waals surface area contributed by atoms with E-state index in [-0.39, 0.29) is 17.8 Å². The van der Waals surface area contributed by atoms with E-state index in [0.717, 1.165) is 27.5 Å². The summed E-state index contributed by atoms with van der Waals surface area (Å²) in [6, 6.07) is 7.96. The third-order valence-electron chi connectivity index (χ3n) is 4.81. The minimum atomic E-state index is -0.0463. The summed E-state index contributed by atoms with van der Waals surface area (Å²) in [4.78, 5) is 24.9. The zero-order chi connectivity index (χ0) is 21.3. The summed E-state index contributed by atoms with van der Waals surface area (Å²) >= 11 is 8.05. The number of aromatic nitrogens is 3. The average molecular weight is 444 g/mol. The Hall–Kier alpha value is -2.42. The highest BCUT2D eigenvalue weighted by Gasteiger charge is 2.21. The number of halogens is 1.